The molecular formula is C16H20Cl2N2O3. The predicted molar refractivity (Wildman–Crippen MR) is 89.8 cm³/mol. The van der Waals surface area contributed by atoms with Crippen LogP contribution in [0, 0.1) is 0 Å². The second-order valence-electron chi connectivity index (χ2n) is 5.74. The maximum atomic E-state index is 12.7. The van der Waals surface area contributed by atoms with Crippen LogP contribution in [0.15, 0.2) is 18.2 Å². The van der Waals surface area contributed by atoms with Crippen molar-refractivity contribution in [3.63, 3.8) is 0 Å². The third kappa shape index (κ3) is 4.59. The Bertz CT molecular complexity index is 574. The molecule has 23 heavy (non-hydrogen) atoms. The van der Waals surface area contributed by atoms with E-state index in [1.54, 1.807) is 23.1 Å². The molecule has 0 aliphatic carbocycles. The highest BCUT2D eigenvalue weighted by molar-refractivity contribution is 6.35. The van der Waals surface area contributed by atoms with E-state index < -0.39 is 6.04 Å². The average Bonchev–Trinajstić information content (AvgIpc) is 2.95. The van der Waals surface area contributed by atoms with Crippen molar-refractivity contribution >= 4 is 35.0 Å². The van der Waals surface area contributed by atoms with Gasteiger partial charge >= 0.3 is 0 Å². The van der Waals surface area contributed by atoms with Gasteiger partial charge in [-0.2, -0.15) is 0 Å². The smallest absolute Gasteiger partial charge is 0.254 e. The fraction of sp³-hybridized carbons (Fsp3) is 0.500. The van der Waals surface area contributed by atoms with Crippen molar-refractivity contribution < 1.29 is 14.7 Å². The monoisotopic (exact) mass is 358 g/mol. The van der Waals surface area contributed by atoms with Gasteiger partial charge in [0.25, 0.3) is 5.91 Å². The van der Waals surface area contributed by atoms with Crippen molar-refractivity contribution in [1.82, 2.24) is 10.2 Å². The Labute approximate surface area is 145 Å². The molecular weight excluding hydrogens is 339 g/mol. The van der Waals surface area contributed by atoms with Crippen LogP contribution >= 0.6 is 23.2 Å². The molecule has 1 aromatic carbocycles. The quantitative estimate of drug-likeness (QED) is 0.849. The van der Waals surface area contributed by atoms with Crippen molar-refractivity contribution in [3.05, 3.63) is 33.8 Å². The lowest BCUT2D eigenvalue weighted by atomic mass is 10.1. The zero-order chi connectivity index (χ0) is 17.0. The molecule has 0 unspecified atom stereocenters. The van der Waals surface area contributed by atoms with E-state index >= 15 is 0 Å². The minimum atomic E-state index is -0.499. The number of carbonyl (C=O) groups is 2. The summed E-state index contributed by atoms with van der Waals surface area (Å²) < 4.78 is 0. The number of carbonyl (C=O) groups excluding carboxylic acids is 2. The second-order valence-corrected chi connectivity index (χ2v) is 6.61. The van der Waals surface area contributed by atoms with Crippen molar-refractivity contribution in [3.8, 4) is 0 Å². The highest BCUT2D eigenvalue weighted by Crippen LogP contribution is 2.24. The highest BCUT2D eigenvalue weighted by Gasteiger charge is 2.35. The predicted octanol–water partition coefficient (Wildman–Crippen LogP) is 2.49. The Morgan fingerprint density at radius 3 is 2.61 bits per heavy atom. The third-order valence-electron chi connectivity index (χ3n) is 3.88. The largest absolute Gasteiger partial charge is 0.396 e. The van der Waals surface area contributed by atoms with Crippen molar-refractivity contribution in [2.24, 2.45) is 0 Å². The zero-order valence-electron chi connectivity index (χ0n) is 12.9. The summed E-state index contributed by atoms with van der Waals surface area (Å²) in [6.45, 7) is 2.36. The van der Waals surface area contributed by atoms with Gasteiger partial charge in [0.05, 0.1) is 0 Å². The normalized spacial score (nSPS) is 18.8. The SMILES string of the molecule is C[C@H](CCO)NC(=O)[C@H]1CCCN1C(=O)c1cc(Cl)cc(Cl)c1. The Morgan fingerprint density at radius 1 is 1.35 bits per heavy atom. The number of likely N-dealkylation sites (tertiary alicyclic amines) is 1. The maximum absolute atomic E-state index is 12.7. The number of hydrogen-bond acceptors (Lipinski definition) is 3. The molecule has 2 atom stereocenters. The van der Waals surface area contributed by atoms with Gasteiger partial charge in [-0.3, -0.25) is 9.59 Å². The fourth-order valence-corrected chi connectivity index (χ4v) is 3.26. The van der Waals surface area contributed by atoms with Crippen LogP contribution in [0.4, 0.5) is 0 Å². The summed E-state index contributed by atoms with van der Waals surface area (Å²) in [7, 11) is 0. The minimum Gasteiger partial charge on any atom is -0.396 e. The van der Waals surface area contributed by atoms with Crippen LogP contribution in [0.1, 0.15) is 36.5 Å². The number of hydrogen-bond donors (Lipinski definition) is 2. The number of amides is 2. The topological polar surface area (TPSA) is 69.6 Å². The standard InChI is InChI=1S/C16H20Cl2N2O3/c1-10(4-6-21)19-15(22)14-3-2-5-20(14)16(23)11-7-12(17)9-13(18)8-11/h7-10,14,21H,2-6H2,1H3,(H,19,22)/t10-,14-/m1/s1. The van der Waals surface area contributed by atoms with Crippen molar-refractivity contribution in [2.45, 2.75) is 38.3 Å². The van der Waals surface area contributed by atoms with Crippen molar-refractivity contribution in [1.29, 1.82) is 0 Å². The molecule has 1 saturated heterocycles. The number of aliphatic hydroxyl groups is 1. The molecule has 0 aromatic heterocycles. The van der Waals surface area contributed by atoms with Crippen LogP contribution in [0.25, 0.3) is 0 Å². The summed E-state index contributed by atoms with van der Waals surface area (Å²) in [4.78, 5) is 26.6. The van der Waals surface area contributed by atoms with E-state index in [9.17, 15) is 9.59 Å². The molecule has 1 fully saturated rings. The molecule has 0 saturated carbocycles. The van der Waals surface area contributed by atoms with E-state index in [-0.39, 0.29) is 24.5 Å². The molecule has 126 valence electrons. The van der Waals surface area contributed by atoms with Crippen LogP contribution in [-0.2, 0) is 4.79 Å². The van der Waals surface area contributed by atoms with Gasteiger partial charge in [0.2, 0.25) is 5.91 Å². The van der Waals surface area contributed by atoms with Gasteiger partial charge in [-0.25, -0.2) is 0 Å². The molecule has 0 bridgehead atoms. The summed E-state index contributed by atoms with van der Waals surface area (Å²) >= 11 is 11.9. The zero-order valence-corrected chi connectivity index (χ0v) is 14.4. The van der Waals surface area contributed by atoms with Crippen LogP contribution in [0.5, 0.6) is 0 Å². The Hall–Kier alpha value is -1.30. The van der Waals surface area contributed by atoms with Gasteiger partial charge in [0.15, 0.2) is 0 Å². The van der Waals surface area contributed by atoms with E-state index in [0.717, 1.165) is 6.42 Å². The van der Waals surface area contributed by atoms with E-state index in [1.807, 2.05) is 6.92 Å². The molecule has 2 rings (SSSR count). The molecule has 0 spiro atoms. The summed E-state index contributed by atoms with van der Waals surface area (Å²) in [6.07, 6.45) is 1.88. The first-order valence-corrected chi connectivity index (χ1v) is 8.36. The third-order valence-corrected chi connectivity index (χ3v) is 4.31. The Morgan fingerprint density at radius 2 is 2.00 bits per heavy atom. The molecule has 0 radical (unpaired) electrons. The number of halogens is 2. The van der Waals surface area contributed by atoms with Crippen LogP contribution in [0.2, 0.25) is 10.0 Å². The molecule has 1 aromatic rings. The number of rotatable bonds is 5. The highest BCUT2D eigenvalue weighted by atomic mass is 35.5. The molecule has 7 heteroatoms. The van der Waals surface area contributed by atoms with Gasteiger partial charge in [-0.1, -0.05) is 23.2 Å². The lowest BCUT2D eigenvalue weighted by Crippen LogP contribution is -2.48. The molecule has 1 heterocycles. The lowest BCUT2D eigenvalue weighted by molar-refractivity contribution is -0.125. The molecule has 2 amide bonds. The van der Waals surface area contributed by atoms with Gasteiger partial charge in [0.1, 0.15) is 6.04 Å². The van der Waals surface area contributed by atoms with Gasteiger partial charge in [0, 0.05) is 34.8 Å². The van der Waals surface area contributed by atoms with Crippen molar-refractivity contribution in [2.75, 3.05) is 13.2 Å². The summed E-state index contributed by atoms with van der Waals surface area (Å²) in [6, 6.07) is 4.03. The summed E-state index contributed by atoms with van der Waals surface area (Å²) in [5, 5.41) is 12.5. The van der Waals surface area contributed by atoms with E-state index in [4.69, 9.17) is 28.3 Å². The Kier molecular flexibility index (Phi) is 6.27. The molecule has 2 N–H and O–H groups in total. The van der Waals surface area contributed by atoms with Gasteiger partial charge < -0.3 is 15.3 Å². The van der Waals surface area contributed by atoms with E-state index in [1.165, 1.54) is 0 Å². The lowest BCUT2D eigenvalue weighted by Gasteiger charge is -2.25. The summed E-state index contributed by atoms with van der Waals surface area (Å²) in [5.41, 5.74) is 0.380. The van der Waals surface area contributed by atoms with Crippen LogP contribution in [0.3, 0.4) is 0 Å². The van der Waals surface area contributed by atoms with E-state index in [0.29, 0.717) is 35.0 Å². The van der Waals surface area contributed by atoms with E-state index in [2.05, 4.69) is 5.32 Å². The van der Waals surface area contributed by atoms with Gasteiger partial charge in [-0.15, -0.1) is 0 Å². The first-order valence-electron chi connectivity index (χ1n) is 7.60. The number of nitrogens with zero attached hydrogens (tertiary/aromatic N) is 1. The molecule has 1 aliphatic rings. The number of nitrogens with one attached hydrogen (secondary N) is 1. The second kappa shape index (κ2) is 7.99. The molecule has 5 nitrogen and oxygen atoms in total. The first-order chi connectivity index (χ1) is 10.9. The van der Waals surface area contributed by atoms with Gasteiger partial charge in [-0.05, 0) is 44.4 Å². The number of aliphatic hydroxyl groups excluding tert-OH is 1. The number of benzene rings is 1. The molecule has 1 aliphatic heterocycles. The Balaban J connectivity index is 2.11. The summed E-state index contributed by atoms with van der Waals surface area (Å²) in [5.74, 6) is -0.438. The van der Waals surface area contributed by atoms with Crippen LogP contribution in [-0.4, -0.2) is 47.1 Å². The minimum absolute atomic E-state index is 0.00969. The first kappa shape index (κ1) is 18.0. The van der Waals surface area contributed by atoms with Crippen LogP contribution < -0.4 is 5.32 Å². The fourth-order valence-electron chi connectivity index (χ4n) is 2.73. The average molecular weight is 359 g/mol. The maximum Gasteiger partial charge on any atom is 0.254 e.